The van der Waals surface area contributed by atoms with E-state index in [4.69, 9.17) is 9.47 Å². The van der Waals surface area contributed by atoms with Gasteiger partial charge in [0.25, 0.3) is 0 Å². The van der Waals surface area contributed by atoms with Gasteiger partial charge in [0.05, 0.1) is 32.3 Å². The molecule has 0 radical (unpaired) electrons. The molecule has 0 aliphatic carbocycles. The van der Waals surface area contributed by atoms with E-state index in [1.165, 1.54) is 0 Å². The van der Waals surface area contributed by atoms with Crippen molar-refractivity contribution in [2.75, 3.05) is 52.6 Å². The van der Waals surface area contributed by atoms with Crippen molar-refractivity contribution >= 4 is 5.91 Å². The van der Waals surface area contributed by atoms with E-state index in [2.05, 4.69) is 5.32 Å². The van der Waals surface area contributed by atoms with Gasteiger partial charge in [-0.25, -0.2) is 0 Å². The summed E-state index contributed by atoms with van der Waals surface area (Å²) in [6.45, 7) is 5.57. The van der Waals surface area contributed by atoms with E-state index in [1.54, 1.807) is 0 Å². The lowest BCUT2D eigenvalue weighted by atomic mass is 10.1. The number of carbonyl (C=O) groups excluding carboxylic acids is 1. The molecule has 0 aromatic heterocycles. The Morgan fingerprint density at radius 1 is 1.20 bits per heavy atom. The van der Waals surface area contributed by atoms with Crippen LogP contribution in [0.25, 0.3) is 0 Å². The molecule has 1 unspecified atom stereocenters. The fraction of sp³-hybridized carbons (Fsp3) is 0.900. The van der Waals surface area contributed by atoms with Crippen LogP contribution < -0.4 is 5.32 Å². The Bertz CT molecular complexity index is 209. The maximum absolute atomic E-state index is 12.1. The van der Waals surface area contributed by atoms with Crippen molar-refractivity contribution in [2.45, 2.75) is 0 Å². The molecule has 0 aromatic rings. The van der Waals surface area contributed by atoms with Gasteiger partial charge in [-0.2, -0.15) is 0 Å². The summed E-state index contributed by atoms with van der Waals surface area (Å²) in [7, 11) is 0. The minimum Gasteiger partial charge on any atom is -0.379 e. The van der Waals surface area contributed by atoms with Crippen molar-refractivity contribution < 1.29 is 14.3 Å². The van der Waals surface area contributed by atoms with Crippen LogP contribution >= 0.6 is 0 Å². The normalized spacial score (nSPS) is 28.5. The number of rotatable bonds is 1. The molecular weight excluding hydrogens is 196 g/mol. The number of hydrogen-bond acceptors (Lipinski definition) is 4. The van der Waals surface area contributed by atoms with Gasteiger partial charge in [0.15, 0.2) is 0 Å². The van der Waals surface area contributed by atoms with E-state index >= 15 is 0 Å². The van der Waals surface area contributed by atoms with E-state index in [-0.39, 0.29) is 11.8 Å². The Balaban J connectivity index is 1.87. The van der Waals surface area contributed by atoms with Crippen LogP contribution in [0.15, 0.2) is 0 Å². The largest absolute Gasteiger partial charge is 0.379 e. The summed E-state index contributed by atoms with van der Waals surface area (Å²) in [6.07, 6.45) is 0. The number of carbonyl (C=O) groups is 1. The van der Waals surface area contributed by atoms with E-state index < -0.39 is 0 Å². The third-order valence-corrected chi connectivity index (χ3v) is 2.80. The van der Waals surface area contributed by atoms with Crippen molar-refractivity contribution in [3.8, 4) is 0 Å². The van der Waals surface area contributed by atoms with Crippen LogP contribution in [0.2, 0.25) is 0 Å². The quantitative estimate of drug-likeness (QED) is 0.613. The minimum absolute atomic E-state index is 0.0226. The highest BCUT2D eigenvalue weighted by molar-refractivity contribution is 5.79. The Morgan fingerprint density at radius 2 is 2.00 bits per heavy atom. The molecule has 5 heteroatoms. The van der Waals surface area contributed by atoms with Crippen LogP contribution in [-0.4, -0.2) is 63.4 Å². The first-order valence-corrected chi connectivity index (χ1v) is 5.53. The fourth-order valence-electron chi connectivity index (χ4n) is 1.91. The fourth-order valence-corrected chi connectivity index (χ4v) is 1.91. The van der Waals surface area contributed by atoms with Gasteiger partial charge >= 0.3 is 0 Å². The number of morpholine rings is 1. The van der Waals surface area contributed by atoms with Gasteiger partial charge in [-0.15, -0.1) is 0 Å². The van der Waals surface area contributed by atoms with Gasteiger partial charge < -0.3 is 19.7 Å². The molecule has 1 atom stereocenters. The molecule has 86 valence electrons. The standard InChI is InChI=1S/C10H18N2O3/c13-10(12-2-5-14-6-3-12)9-7-11-1-4-15-8-9/h9,11H,1-8H2. The highest BCUT2D eigenvalue weighted by Crippen LogP contribution is 2.07. The Morgan fingerprint density at radius 3 is 2.80 bits per heavy atom. The SMILES string of the molecule is O=C(C1CNCCOC1)N1CCOCC1. The Kier molecular flexibility index (Phi) is 3.94. The van der Waals surface area contributed by atoms with Crippen LogP contribution in [0, 0.1) is 5.92 Å². The minimum atomic E-state index is -0.0226. The second-order valence-electron chi connectivity index (χ2n) is 3.91. The predicted molar refractivity (Wildman–Crippen MR) is 54.6 cm³/mol. The van der Waals surface area contributed by atoms with E-state index in [9.17, 15) is 4.79 Å². The number of hydrogen-bond donors (Lipinski definition) is 1. The third kappa shape index (κ3) is 2.90. The summed E-state index contributed by atoms with van der Waals surface area (Å²) in [5.41, 5.74) is 0. The molecule has 15 heavy (non-hydrogen) atoms. The van der Waals surface area contributed by atoms with E-state index in [0.29, 0.717) is 26.4 Å². The molecule has 5 nitrogen and oxygen atoms in total. The zero-order chi connectivity index (χ0) is 10.5. The summed E-state index contributed by atoms with van der Waals surface area (Å²) in [6, 6.07) is 0. The first kappa shape index (κ1) is 10.9. The van der Waals surface area contributed by atoms with E-state index in [1.807, 2.05) is 4.90 Å². The second kappa shape index (κ2) is 5.44. The number of nitrogens with one attached hydrogen (secondary N) is 1. The van der Waals surface area contributed by atoms with Crippen molar-refractivity contribution in [3.63, 3.8) is 0 Å². The molecule has 2 saturated heterocycles. The van der Waals surface area contributed by atoms with Gasteiger partial charge in [-0.1, -0.05) is 0 Å². The van der Waals surface area contributed by atoms with Crippen LogP contribution in [0.5, 0.6) is 0 Å². The highest BCUT2D eigenvalue weighted by Gasteiger charge is 2.26. The first-order valence-electron chi connectivity index (χ1n) is 5.53. The Labute approximate surface area is 89.7 Å². The monoisotopic (exact) mass is 214 g/mol. The lowest BCUT2D eigenvalue weighted by molar-refractivity contribution is -0.141. The van der Waals surface area contributed by atoms with Gasteiger partial charge in [0, 0.05) is 26.2 Å². The molecule has 2 rings (SSSR count). The zero-order valence-electron chi connectivity index (χ0n) is 8.91. The van der Waals surface area contributed by atoms with Gasteiger partial charge in [-0.3, -0.25) is 4.79 Å². The molecule has 0 spiro atoms. The summed E-state index contributed by atoms with van der Waals surface area (Å²) in [5, 5.41) is 3.21. The summed E-state index contributed by atoms with van der Waals surface area (Å²) in [4.78, 5) is 13.9. The summed E-state index contributed by atoms with van der Waals surface area (Å²) >= 11 is 0. The van der Waals surface area contributed by atoms with E-state index in [0.717, 1.165) is 26.2 Å². The van der Waals surface area contributed by atoms with Crippen molar-refractivity contribution in [1.82, 2.24) is 10.2 Å². The van der Waals surface area contributed by atoms with Crippen LogP contribution in [0.1, 0.15) is 0 Å². The molecule has 2 aliphatic rings. The van der Waals surface area contributed by atoms with Crippen LogP contribution in [0.3, 0.4) is 0 Å². The first-order chi connectivity index (χ1) is 7.38. The summed E-state index contributed by atoms with van der Waals surface area (Å²) in [5.74, 6) is 0.179. The number of nitrogens with zero attached hydrogens (tertiary/aromatic N) is 1. The second-order valence-corrected chi connectivity index (χ2v) is 3.91. The van der Waals surface area contributed by atoms with Crippen LogP contribution in [0.4, 0.5) is 0 Å². The Hall–Kier alpha value is -0.650. The van der Waals surface area contributed by atoms with Gasteiger partial charge in [0.2, 0.25) is 5.91 Å². The molecule has 0 bridgehead atoms. The number of ether oxygens (including phenoxy) is 2. The van der Waals surface area contributed by atoms with Gasteiger partial charge in [-0.05, 0) is 0 Å². The maximum atomic E-state index is 12.1. The molecule has 2 fully saturated rings. The van der Waals surface area contributed by atoms with Crippen molar-refractivity contribution in [2.24, 2.45) is 5.92 Å². The molecule has 1 N–H and O–H groups in total. The number of amides is 1. The van der Waals surface area contributed by atoms with Crippen molar-refractivity contribution in [1.29, 1.82) is 0 Å². The highest BCUT2D eigenvalue weighted by atomic mass is 16.5. The smallest absolute Gasteiger partial charge is 0.229 e. The summed E-state index contributed by atoms with van der Waals surface area (Å²) < 4.78 is 10.6. The predicted octanol–water partition coefficient (Wildman–Crippen LogP) is -0.919. The lowest BCUT2D eigenvalue weighted by Gasteiger charge is -2.29. The van der Waals surface area contributed by atoms with Crippen LogP contribution in [-0.2, 0) is 14.3 Å². The van der Waals surface area contributed by atoms with Gasteiger partial charge in [0.1, 0.15) is 0 Å². The maximum Gasteiger partial charge on any atom is 0.229 e. The average molecular weight is 214 g/mol. The molecular formula is C10H18N2O3. The molecule has 2 heterocycles. The third-order valence-electron chi connectivity index (χ3n) is 2.80. The molecule has 2 aliphatic heterocycles. The lowest BCUT2D eigenvalue weighted by Crippen LogP contribution is -2.46. The average Bonchev–Trinajstić information content (AvgIpc) is 2.58. The molecule has 1 amide bonds. The molecule has 0 saturated carbocycles. The molecule has 0 aromatic carbocycles. The zero-order valence-corrected chi connectivity index (χ0v) is 8.91. The van der Waals surface area contributed by atoms with Crippen molar-refractivity contribution in [3.05, 3.63) is 0 Å². The topological polar surface area (TPSA) is 50.8 Å².